The molecule has 3 heteroatoms. The minimum absolute atomic E-state index is 0.00806. The number of ether oxygens (including phenoxy) is 1. The minimum Gasteiger partial charge on any atom is -0.375 e. The second kappa shape index (κ2) is 3.32. The normalized spacial score (nSPS) is 51.8. The van der Waals surface area contributed by atoms with Crippen LogP contribution < -0.4 is 0 Å². The molecule has 4 aliphatic rings. The molecule has 0 amide bonds. The molecule has 4 rings (SSSR count). The number of carbonyl (C=O) groups excluding carboxylic acids is 2. The zero-order valence-electron chi connectivity index (χ0n) is 10.7. The molecule has 96 valence electrons. The number of Topliss-reactive ketones (excluding diaryl/α,β-unsaturated/α-hetero) is 2. The Balaban J connectivity index is 1.69. The molecule has 0 spiro atoms. The van der Waals surface area contributed by atoms with Gasteiger partial charge in [-0.2, -0.15) is 0 Å². The van der Waals surface area contributed by atoms with Gasteiger partial charge in [-0.3, -0.25) is 9.59 Å². The van der Waals surface area contributed by atoms with Crippen molar-refractivity contribution in [3.05, 3.63) is 12.2 Å². The van der Waals surface area contributed by atoms with E-state index in [1.807, 2.05) is 26.0 Å². The number of hydrogen-bond donors (Lipinski definition) is 0. The van der Waals surface area contributed by atoms with Gasteiger partial charge in [0, 0.05) is 23.7 Å². The maximum Gasteiger partial charge on any atom is 0.147 e. The van der Waals surface area contributed by atoms with E-state index in [1.54, 1.807) is 0 Å². The summed E-state index contributed by atoms with van der Waals surface area (Å²) < 4.78 is 5.91. The van der Waals surface area contributed by atoms with E-state index < -0.39 is 0 Å². The fourth-order valence-electron chi connectivity index (χ4n) is 4.96. The summed E-state index contributed by atoms with van der Waals surface area (Å²) in [6, 6.07) is 0. The summed E-state index contributed by atoms with van der Waals surface area (Å²) in [5.74, 6) is 1.43. The summed E-state index contributed by atoms with van der Waals surface area (Å²) >= 11 is 0. The third kappa shape index (κ3) is 1.09. The summed E-state index contributed by atoms with van der Waals surface area (Å²) in [5.41, 5.74) is 0. The molecule has 0 saturated heterocycles. The number of fused-ring (bicyclic) bond motifs is 9. The molecule has 0 aromatic heterocycles. The predicted molar refractivity (Wildman–Crippen MR) is 64.7 cm³/mol. The lowest BCUT2D eigenvalue weighted by Gasteiger charge is -2.34. The number of rotatable bonds is 2. The topological polar surface area (TPSA) is 43.4 Å². The van der Waals surface area contributed by atoms with Crippen LogP contribution in [-0.4, -0.2) is 23.8 Å². The van der Waals surface area contributed by atoms with Gasteiger partial charge in [0.05, 0.1) is 12.2 Å². The van der Waals surface area contributed by atoms with Crippen LogP contribution in [0.2, 0.25) is 0 Å². The van der Waals surface area contributed by atoms with Crippen LogP contribution >= 0.6 is 0 Å². The summed E-state index contributed by atoms with van der Waals surface area (Å²) in [6.45, 7) is 4.03. The smallest absolute Gasteiger partial charge is 0.147 e. The van der Waals surface area contributed by atoms with E-state index >= 15 is 0 Å². The third-order valence-corrected chi connectivity index (χ3v) is 5.36. The Morgan fingerprint density at radius 2 is 1.78 bits per heavy atom. The highest BCUT2D eigenvalue weighted by Gasteiger charge is 2.68. The van der Waals surface area contributed by atoms with Crippen LogP contribution in [-0.2, 0) is 14.3 Å². The first-order valence-corrected chi connectivity index (χ1v) is 7.01. The van der Waals surface area contributed by atoms with Crippen LogP contribution in [0.3, 0.4) is 0 Å². The number of allylic oxidation sites excluding steroid dienone is 2. The minimum atomic E-state index is -0.00806. The lowest BCUT2D eigenvalue weighted by molar-refractivity contribution is -0.126. The molecule has 0 N–H and O–H groups in total. The fraction of sp³-hybridized carbons (Fsp3) is 0.733. The van der Waals surface area contributed by atoms with Gasteiger partial charge in [-0.05, 0) is 32.1 Å². The van der Waals surface area contributed by atoms with E-state index in [2.05, 4.69) is 0 Å². The first-order chi connectivity index (χ1) is 8.59. The van der Waals surface area contributed by atoms with Gasteiger partial charge in [-0.1, -0.05) is 12.2 Å². The molecule has 18 heavy (non-hydrogen) atoms. The second-order valence-corrected chi connectivity index (χ2v) is 6.49. The van der Waals surface area contributed by atoms with Crippen molar-refractivity contribution in [3.8, 4) is 0 Å². The molecule has 0 radical (unpaired) electrons. The molecule has 3 saturated carbocycles. The van der Waals surface area contributed by atoms with Crippen molar-refractivity contribution in [3.63, 3.8) is 0 Å². The van der Waals surface area contributed by atoms with Crippen molar-refractivity contribution in [2.24, 2.45) is 35.5 Å². The summed E-state index contributed by atoms with van der Waals surface area (Å²) in [7, 11) is 0. The summed E-state index contributed by atoms with van der Waals surface area (Å²) in [5, 5.41) is 0. The first kappa shape index (κ1) is 10.9. The van der Waals surface area contributed by atoms with Crippen LogP contribution in [0.4, 0.5) is 0 Å². The molecular weight excluding hydrogens is 228 g/mol. The Kier molecular flexibility index (Phi) is 2.02. The zero-order valence-corrected chi connectivity index (χ0v) is 10.7. The van der Waals surface area contributed by atoms with Crippen molar-refractivity contribution in [1.82, 2.24) is 0 Å². The molecule has 7 unspecified atom stereocenters. The molecular formula is C15H18O3. The molecule has 7 atom stereocenters. The van der Waals surface area contributed by atoms with Crippen LogP contribution in [0.1, 0.15) is 20.3 Å². The van der Waals surface area contributed by atoms with Gasteiger partial charge in [0.25, 0.3) is 0 Å². The van der Waals surface area contributed by atoms with Crippen molar-refractivity contribution in [1.29, 1.82) is 0 Å². The van der Waals surface area contributed by atoms with E-state index in [0.29, 0.717) is 17.5 Å². The van der Waals surface area contributed by atoms with Gasteiger partial charge < -0.3 is 4.74 Å². The molecule has 0 aromatic carbocycles. The zero-order chi connectivity index (χ0) is 12.6. The molecule has 3 fully saturated rings. The number of carbonyl (C=O) groups is 2. The van der Waals surface area contributed by atoms with Crippen LogP contribution in [0.15, 0.2) is 12.2 Å². The lowest BCUT2D eigenvalue weighted by atomic mass is 9.72. The molecule has 0 heterocycles. The maximum absolute atomic E-state index is 12.4. The van der Waals surface area contributed by atoms with Crippen molar-refractivity contribution < 1.29 is 14.3 Å². The Bertz CT molecular complexity index is 464. The van der Waals surface area contributed by atoms with Crippen molar-refractivity contribution >= 4 is 11.6 Å². The van der Waals surface area contributed by atoms with E-state index in [4.69, 9.17) is 4.74 Å². The summed E-state index contributed by atoms with van der Waals surface area (Å²) in [4.78, 5) is 24.5. The van der Waals surface area contributed by atoms with Gasteiger partial charge in [-0.15, -0.1) is 0 Å². The highest BCUT2D eigenvalue weighted by Crippen LogP contribution is 2.63. The van der Waals surface area contributed by atoms with Gasteiger partial charge in [-0.25, -0.2) is 0 Å². The fourth-order valence-corrected chi connectivity index (χ4v) is 4.96. The Morgan fingerprint density at radius 3 is 2.44 bits per heavy atom. The number of hydrogen-bond acceptors (Lipinski definition) is 3. The average molecular weight is 246 g/mol. The quantitative estimate of drug-likeness (QED) is 0.549. The highest BCUT2D eigenvalue weighted by molar-refractivity contribution is 5.99. The van der Waals surface area contributed by atoms with Gasteiger partial charge in [0.1, 0.15) is 11.6 Å². The summed E-state index contributed by atoms with van der Waals surface area (Å²) in [6.07, 6.45) is 5.14. The van der Waals surface area contributed by atoms with E-state index in [1.165, 1.54) is 0 Å². The second-order valence-electron chi connectivity index (χ2n) is 6.49. The Labute approximate surface area is 107 Å². The maximum atomic E-state index is 12.4. The largest absolute Gasteiger partial charge is 0.375 e. The standard InChI is InChI=1S/C15H18O3/c1-6(2)18-10-5-9-11-7-3-4-8(14(7)16)12(11)13(10)15(9)17/h3-4,6-13H,5H2,1-2H3. The lowest BCUT2D eigenvalue weighted by Crippen LogP contribution is -2.36. The van der Waals surface area contributed by atoms with Crippen LogP contribution in [0.25, 0.3) is 0 Å². The van der Waals surface area contributed by atoms with Crippen LogP contribution in [0, 0.1) is 35.5 Å². The molecule has 4 bridgehead atoms. The Morgan fingerprint density at radius 1 is 1.11 bits per heavy atom. The van der Waals surface area contributed by atoms with E-state index in [9.17, 15) is 9.59 Å². The SMILES string of the molecule is CC(C)OC1CC2C(=O)C1C1C3C=CC(C3=O)C21. The van der Waals surface area contributed by atoms with Gasteiger partial charge in [0.2, 0.25) is 0 Å². The molecule has 4 aliphatic carbocycles. The predicted octanol–water partition coefficient (Wildman–Crippen LogP) is 1.62. The number of ketones is 2. The third-order valence-electron chi connectivity index (χ3n) is 5.36. The molecule has 0 aromatic rings. The first-order valence-electron chi connectivity index (χ1n) is 7.01. The highest BCUT2D eigenvalue weighted by atomic mass is 16.5. The molecule has 0 aliphatic heterocycles. The average Bonchev–Trinajstić information content (AvgIpc) is 2.97. The molecule has 3 nitrogen and oxygen atoms in total. The van der Waals surface area contributed by atoms with Gasteiger partial charge in [0.15, 0.2) is 0 Å². The van der Waals surface area contributed by atoms with E-state index in [0.717, 1.165) is 6.42 Å². The van der Waals surface area contributed by atoms with Gasteiger partial charge >= 0.3 is 0 Å². The van der Waals surface area contributed by atoms with Crippen molar-refractivity contribution in [2.45, 2.75) is 32.5 Å². The monoisotopic (exact) mass is 246 g/mol. The Hall–Kier alpha value is -0.960. The van der Waals surface area contributed by atoms with Crippen molar-refractivity contribution in [2.75, 3.05) is 0 Å². The van der Waals surface area contributed by atoms with E-state index in [-0.39, 0.29) is 41.8 Å². The van der Waals surface area contributed by atoms with Crippen LogP contribution in [0.5, 0.6) is 0 Å².